The molecule has 0 aromatic rings. The SMILES string of the molecule is CC(C)NCCCS(=O)(=O)N1CC[CH]CC1. The number of hydrogen-bond donors (Lipinski definition) is 1. The highest BCUT2D eigenvalue weighted by molar-refractivity contribution is 7.89. The van der Waals surface area contributed by atoms with Crippen LogP contribution in [0.2, 0.25) is 0 Å². The highest BCUT2D eigenvalue weighted by atomic mass is 32.2. The molecule has 0 bridgehead atoms. The summed E-state index contributed by atoms with van der Waals surface area (Å²) in [4.78, 5) is 0. The molecular weight excluding hydrogens is 224 g/mol. The van der Waals surface area contributed by atoms with Gasteiger partial charge in [0.25, 0.3) is 0 Å². The van der Waals surface area contributed by atoms with Gasteiger partial charge in [-0.15, -0.1) is 0 Å². The number of nitrogens with one attached hydrogen (secondary N) is 1. The summed E-state index contributed by atoms with van der Waals surface area (Å²) >= 11 is 0. The van der Waals surface area contributed by atoms with Crippen molar-refractivity contribution in [2.75, 3.05) is 25.4 Å². The van der Waals surface area contributed by atoms with Gasteiger partial charge in [-0.1, -0.05) is 13.8 Å². The van der Waals surface area contributed by atoms with E-state index in [0.29, 0.717) is 25.6 Å². The van der Waals surface area contributed by atoms with E-state index in [1.165, 1.54) is 0 Å². The number of nitrogens with zero attached hydrogens (tertiary/aromatic N) is 1. The summed E-state index contributed by atoms with van der Waals surface area (Å²) in [5.41, 5.74) is 0. The first-order chi connectivity index (χ1) is 7.52. The smallest absolute Gasteiger partial charge is 0.214 e. The highest BCUT2D eigenvalue weighted by Crippen LogP contribution is 2.13. The molecule has 0 amide bonds. The zero-order valence-electron chi connectivity index (χ0n) is 10.3. The summed E-state index contributed by atoms with van der Waals surface area (Å²) in [6.07, 6.45) is 4.64. The molecule has 0 aliphatic carbocycles. The summed E-state index contributed by atoms with van der Waals surface area (Å²) in [6, 6.07) is 0.423. The molecule has 1 aliphatic heterocycles. The largest absolute Gasteiger partial charge is 0.314 e. The third kappa shape index (κ3) is 4.80. The number of piperidine rings is 1. The van der Waals surface area contributed by atoms with Crippen LogP contribution in [0, 0.1) is 6.42 Å². The molecule has 16 heavy (non-hydrogen) atoms. The van der Waals surface area contributed by atoms with Gasteiger partial charge < -0.3 is 5.32 Å². The Kier molecular flexibility index (Phi) is 5.72. The van der Waals surface area contributed by atoms with Crippen molar-refractivity contribution in [1.82, 2.24) is 9.62 Å². The fourth-order valence-corrected chi connectivity index (χ4v) is 3.31. The standard InChI is InChI=1S/C11H23N2O2S/c1-11(2)12-7-6-10-16(14,15)13-8-4-3-5-9-13/h3,11-12H,4-10H2,1-2H3. The van der Waals surface area contributed by atoms with Crippen LogP contribution in [-0.2, 0) is 10.0 Å². The van der Waals surface area contributed by atoms with Crippen LogP contribution < -0.4 is 5.32 Å². The average Bonchev–Trinajstić information content (AvgIpc) is 2.26. The van der Waals surface area contributed by atoms with Crippen LogP contribution in [0.4, 0.5) is 0 Å². The van der Waals surface area contributed by atoms with Crippen molar-refractivity contribution in [2.24, 2.45) is 0 Å². The van der Waals surface area contributed by atoms with Gasteiger partial charge in [0.05, 0.1) is 5.75 Å². The van der Waals surface area contributed by atoms with Gasteiger partial charge in [0.2, 0.25) is 10.0 Å². The molecule has 0 spiro atoms. The Bertz CT molecular complexity index is 282. The van der Waals surface area contributed by atoms with Crippen molar-refractivity contribution in [3.63, 3.8) is 0 Å². The van der Waals surface area contributed by atoms with E-state index in [0.717, 1.165) is 19.4 Å². The molecule has 5 heteroatoms. The molecule has 0 aromatic carbocycles. The topological polar surface area (TPSA) is 49.4 Å². The third-order valence-electron chi connectivity index (χ3n) is 2.69. The predicted molar refractivity (Wildman–Crippen MR) is 66.6 cm³/mol. The first-order valence-electron chi connectivity index (χ1n) is 6.05. The minimum absolute atomic E-state index is 0.271. The minimum atomic E-state index is -3.01. The van der Waals surface area contributed by atoms with E-state index < -0.39 is 10.0 Å². The number of rotatable bonds is 6. The quantitative estimate of drug-likeness (QED) is 0.713. The van der Waals surface area contributed by atoms with Crippen molar-refractivity contribution in [2.45, 2.75) is 39.2 Å². The monoisotopic (exact) mass is 247 g/mol. The van der Waals surface area contributed by atoms with E-state index in [1.54, 1.807) is 4.31 Å². The predicted octanol–water partition coefficient (Wildman–Crippen LogP) is 1.00. The van der Waals surface area contributed by atoms with Crippen molar-refractivity contribution < 1.29 is 8.42 Å². The molecule has 0 saturated carbocycles. The van der Waals surface area contributed by atoms with Crippen LogP contribution in [-0.4, -0.2) is 44.2 Å². The Hall–Kier alpha value is -0.130. The van der Waals surface area contributed by atoms with Crippen molar-refractivity contribution >= 4 is 10.0 Å². The Morgan fingerprint density at radius 2 is 1.94 bits per heavy atom. The van der Waals surface area contributed by atoms with Gasteiger partial charge in [-0.05, 0) is 32.2 Å². The van der Waals surface area contributed by atoms with Crippen LogP contribution in [0.15, 0.2) is 0 Å². The number of hydrogen-bond acceptors (Lipinski definition) is 3. The Morgan fingerprint density at radius 1 is 1.31 bits per heavy atom. The molecular formula is C11H23N2O2S. The maximum atomic E-state index is 11.9. The van der Waals surface area contributed by atoms with Gasteiger partial charge in [-0.2, -0.15) is 0 Å². The van der Waals surface area contributed by atoms with Gasteiger partial charge in [0.1, 0.15) is 0 Å². The molecule has 1 radical (unpaired) electrons. The molecule has 0 unspecified atom stereocenters. The first-order valence-corrected chi connectivity index (χ1v) is 7.66. The van der Waals surface area contributed by atoms with Crippen LogP contribution in [0.3, 0.4) is 0 Å². The zero-order chi connectivity index (χ0) is 12.0. The summed E-state index contributed by atoms with van der Waals surface area (Å²) in [6.45, 7) is 6.24. The summed E-state index contributed by atoms with van der Waals surface area (Å²) in [5, 5.41) is 3.23. The van der Waals surface area contributed by atoms with Gasteiger partial charge in [-0.25, -0.2) is 12.7 Å². The summed E-state index contributed by atoms with van der Waals surface area (Å²) < 4.78 is 25.5. The van der Waals surface area contributed by atoms with E-state index in [9.17, 15) is 8.42 Å². The maximum Gasteiger partial charge on any atom is 0.214 e. The van der Waals surface area contributed by atoms with Crippen LogP contribution in [0.25, 0.3) is 0 Å². The van der Waals surface area contributed by atoms with Gasteiger partial charge in [0, 0.05) is 19.1 Å². The van der Waals surface area contributed by atoms with Crippen LogP contribution >= 0.6 is 0 Å². The third-order valence-corrected chi connectivity index (χ3v) is 4.65. The molecule has 1 rings (SSSR count). The second-order valence-electron chi connectivity index (χ2n) is 4.54. The molecule has 1 N–H and O–H groups in total. The molecule has 1 saturated heterocycles. The highest BCUT2D eigenvalue weighted by Gasteiger charge is 2.23. The first kappa shape index (κ1) is 13.9. The lowest BCUT2D eigenvalue weighted by Gasteiger charge is -2.25. The van der Waals surface area contributed by atoms with Crippen molar-refractivity contribution in [3.8, 4) is 0 Å². The lowest BCUT2D eigenvalue weighted by Crippen LogP contribution is -2.38. The zero-order valence-corrected chi connectivity index (χ0v) is 11.1. The summed E-state index contributed by atoms with van der Waals surface area (Å²) in [5.74, 6) is 0.271. The maximum absolute atomic E-state index is 11.9. The van der Waals surface area contributed by atoms with E-state index in [4.69, 9.17) is 0 Å². The Morgan fingerprint density at radius 3 is 2.50 bits per heavy atom. The molecule has 0 aromatic heterocycles. The average molecular weight is 247 g/mol. The molecule has 1 aliphatic rings. The molecule has 95 valence electrons. The van der Waals surface area contributed by atoms with E-state index >= 15 is 0 Å². The van der Waals surface area contributed by atoms with Gasteiger partial charge in [-0.3, -0.25) is 0 Å². The minimum Gasteiger partial charge on any atom is -0.314 e. The van der Waals surface area contributed by atoms with Gasteiger partial charge >= 0.3 is 0 Å². The van der Waals surface area contributed by atoms with Crippen LogP contribution in [0.1, 0.15) is 33.1 Å². The lowest BCUT2D eigenvalue weighted by molar-refractivity contribution is 0.383. The second kappa shape index (κ2) is 6.57. The van der Waals surface area contributed by atoms with Gasteiger partial charge in [0.15, 0.2) is 0 Å². The molecule has 1 heterocycles. The lowest BCUT2D eigenvalue weighted by atomic mass is 10.2. The molecule has 0 atom stereocenters. The van der Waals surface area contributed by atoms with E-state index in [-0.39, 0.29) is 5.75 Å². The van der Waals surface area contributed by atoms with Crippen LogP contribution in [0.5, 0.6) is 0 Å². The van der Waals surface area contributed by atoms with Crippen molar-refractivity contribution in [3.05, 3.63) is 6.42 Å². The van der Waals surface area contributed by atoms with E-state index in [1.807, 2.05) is 0 Å². The second-order valence-corrected chi connectivity index (χ2v) is 6.63. The fraction of sp³-hybridized carbons (Fsp3) is 0.909. The normalized spacial score (nSPS) is 19.2. The number of sulfonamides is 1. The molecule has 4 nitrogen and oxygen atoms in total. The summed E-state index contributed by atoms with van der Waals surface area (Å²) in [7, 11) is -3.01. The Labute approximate surface area is 99.5 Å². The van der Waals surface area contributed by atoms with Crippen molar-refractivity contribution in [1.29, 1.82) is 0 Å². The fourth-order valence-electron chi connectivity index (χ4n) is 1.78. The van der Waals surface area contributed by atoms with E-state index in [2.05, 4.69) is 25.6 Å². The molecule has 1 fully saturated rings. The Balaban J connectivity index is 2.27.